The first-order valence-corrected chi connectivity index (χ1v) is 14.7. The topological polar surface area (TPSA) is 47.9 Å². The third-order valence-electron chi connectivity index (χ3n) is 8.86. The molecule has 1 spiro atoms. The Morgan fingerprint density at radius 1 is 1.14 bits per heavy atom. The zero-order valence-electron chi connectivity index (χ0n) is 18.7. The van der Waals surface area contributed by atoms with Gasteiger partial charge >= 0.3 is 0 Å². The van der Waals surface area contributed by atoms with Crippen LogP contribution < -0.4 is 0 Å². The van der Waals surface area contributed by atoms with Gasteiger partial charge in [0.25, 0.3) is 0 Å². The van der Waals surface area contributed by atoms with E-state index in [2.05, 4.69) is 33.9 Å². The molecule has 5 atom stereocenters. The lowest BCUT2D eigenvalue weighted by Crippen LogP contribution is -2.54. The Balaban J connectivity index is 1.38. The molecule has 3 aliphatic carbocycles. The van der Waals surface area contributed by atoms with Crippen molar-refractivity contribution < 1.29 is 19.0 Å². The Kier molecular flexibility index (Phi) is 5.81. The maximum Gasteiger partial charge on any atom is 0.192 e. The number of rotatable bonds is 6. The molecule has 0 radical (unpaired) electrons. The van der Waals surface area contributed by atoms with Crippen LogP contribution >= 0.6 is 0 Å². The SMILES string of the molecule is CC(C)(C)[Si](C)(C)OC(CCC1CC2C(CC23OCCO3)C1O)C1CCCC1. The predicted molar refractivity (Wildman–Crippen MR) is 114 cm³/mol. The number of ether oxygens (including phenoxy) is 2. The maximum absolute atomic E-state index is 10.9. The van der Waals surface area contributed by atoms with E-state index >= 15 is 0 Å². The van der Waals surface area contributed by atoms with Crippen molar-refractivity contribution in [1.82, 2.24) is 0 Å². The second-order valence-corrected chi connectivity index (χ2v) is 16.3. The largest absolute Gasteiger partial charge is 0.414 e. The van der Waals surface area contributed by atoms with Crippen LogP contribution in [-0.4, -0.2) is 44.6 Å². The van der Waals surface area contributed by atoms with Crippen molar-refractivity contribution in [2.75, 3.05) is 13.2 Å². The van der Waals surface area contributed by atoms with Crippen molar-refractivity contribution in [1.29, 1.82) is 0 Å². The summed E-state index contributed by atoms with van der Waals surface area (Å²) >= 11 is 0. The molecule has 4 rings (SSSR count). The van der Waals surface area contributed by atoms with Crippen molar-refractivity contribution >= 4 is 8.32 Å². The van der Waals surface area contributed by atoms with Gasteiger partial charge in [-0.2, -0.15) is 0 Å². The standard InChI is InChI=1S/C23H42O4Si/c1-22(2,3)28(4,5)27-20(16-8-6-7-9-16)11-10-17-14-19-18(21(17)24)15-23(19)25-12-13-26-23/h16-21,24H,6-15H2,1-5H3. The lowest BCUT2D eigenvalue weighted by Gasteiger charge is -2.48. The van der Waals surface area contributed by atoms with Crippen LogP contribution in [0, 0.1) is 23.7 Å². The van der Waals surface area contributed by atoms with Crippen LogP contribution in [0.4, 0.5) is 0 Å². The highest BCUT2D eigenvalue weighted by atomic mass is 28.4. The molecule has 0 aromatic carbocycles. The highest BCUT2D eigenvalue weighted by Crippen LogP contribution is 2.60. The van der Waals surface area contributed by atoms with Gasteiger partial charge in [-0.15, -0.1) is 0 Å². The third kappa shape index (κ3) is 3.75. The maximum atomic E-state index is 10.9. The highest BCUT2D eigenvalue weighted by molar-refractivity contribution is 6.74. The van der Waals surface area contributed by atoms with E-state index in [4.69, 9.17) is 13.9 Å². The Labute approximate surface area is 172 Å². The fourth-order valence-corrected chi connectivity index (χ4v) is 7.48. The molecular formula is C23H42O4Si. The molecule has 4 fully saturated rings. The lowest BCUT2D eigenvalue weighted by atomic mass is 9.69. The van der Waals surface area contributed by atoms with Crippen molar-refractivity contribution in [3.63, 3.8) is 0 Å². The number of hydrogen-bond donors (Lipinski definition) is 1. The van der Waals surface area contributed by atoms with E-state index in [9.17, 15) is 5.11 Å². The summed E-state index contributed by atoms with van der Waals surface area (Å²) < 4.78 is 18.8. The minimum Gasteiger partial charge on any atom is -0.414 e. The molecule has 0 amide bonds. The van der Waals surface area contributed by atoms with E-state index in [1.165, 1.54) is 25.7 Å². The van der Waals surface area contributed by atoms with E-state index in [0.717, 1.165) is 31.6 Å². The van der Waals surface area contributed by atoms with Crippen LogP contribution in [0.3, 0.4) is 0 Å². The molecule has 1 heterocycles. The lowest BCUT2D eigenvalue weighted by molar-refractivity contribution is -0.275. The number of aliphatic hydroxyl groups excluding tert-OH is 1. The van der Waals surface area contributed by atoms with E-state index in [1.54, 1.807) is 0 Å². The average Bonchev–Trinajstić information content (AvgIpc) is 3.32. The third-order valence-corrected chi connectivity index (χ3v) is 13.4. The zero-order chi connectivity index (χ0) is 20.2. The van der Waals surface area contributed by atoms with Crippen LogP contribution in [0.5, 0.6) is 0 Å². The van der Waals surface area contributed by atoms with E-state index in [0.29, 0.717) is 37.1 Å². The molecular weight excluding hydrogens is 368 g/mol. The summed E-state index contributed by atoms with van der Waals surface area (Å²) in [6.07, 6.45) is 9.69. The van der Waals surface area contributed by atoms with Gasteiger partial charge in [-0.1, -0.05) is 33.6 Å². The van der Waals surface area contributed by atoms with E-state index in [-0.39, 0.29) is 16.9 Å². The van der Waals surface area contributed by atoms with Gasteiger partial charge in [-0.3, -0.25) is 0 Å². The summed E-state index contributed by atoms with van der Waals surface area (Å²) in [5.41, 5.74) is 0. The van der Waals surface area contributed by atoms with Gasteiger partial charge in [0.2, 0.25) is 0 Å². The molecule has 28 heavy (non-hydrogen) atoms. The fraction of sp³-hybridized carbons (Fsp3) is 1.00. The van der Waals surface area contributed by atoms with Crippen LogP contribution in [0.15, 0.2) is 0 Å². The van der Waals surface area contributed by atoms with E-state index < -0.39 is 8.32 Å². The fourth-order valence-electron chi connectivity index (χ4n) is 6.06. The smallest absolute Gasteiger partial charge is 0.192 e. The summed E-state index contributed by atoms with van der Waals surface area (Å²) in [5.74, 6) is 1.55. The van der Waals surface area contributed by atoms with Crippen molar-refractivity contribution in [2.24, 2.45) is 23.7 Å². The van der Waals surface area contributed by atoms with Gasteiger partial charge in [0.05, 0.1) is 19.3 Å². The molecule has 0 aromatic heterocycles. The van der Waals surface area contributed by atoms with Gasteiger partial charge in [0, 0.05) is 18.4 Å². The first kappa shape index (κ1) is 21.3. The second-order valence-electron chi connectivity index (χ2n) is 11.5. The molecule has 0 bridgehead atoms. The van der Waals surface area contributed by atoms with Gasteiger partial charge in [-0.05, 0) is 68.0 Å². The molecule has 0 aromatic rings. The quantitative estimate of drug-likeness (QED) is 0.618. The first-order valence-electron chi connectivity index (χ1n) is 11.8. The van der Waals surface area contributed by atoms with E-state index in [1.807, 2.05) is 0 Å². The molecule has 4 nitrogen and oxygen atoms in total. The summed E-state index contributed by atoms with van der Waals surface area (Å²) in [4.78, 5) is 0. The predicted octanol–water partition coefficient (Wildman–Crippen LogP) is 5.11. The Morgan fingerprint density at radius 3 is 2.39 bits per heavy atom. The first-order chi connectivity index (χ1) is 13.1. The van der Waals surface area contributed by atoms with Crippen LogP contribution in [0.25, 0.3) is 0 Å². The monoisotopic (exact) mass is 410 g/mol. The Morgan fingerprint density at radius 2 is 1.79 bits per heavy atom. The Bertz CT molecular complexity index is 545. The van der Waals surface area contributed by atoms with Gasteiger partial charge < -0.3 is 19.0 Å². The molecule has 162 valence electrons. The molecule has 5 heteroatoms. The molecule has 1 aliphatic heterocycles. The van der Waals surface area contributed by atoms with Crippen molar-refractivity contribution in [3.8, 4) is 0 Å². The van der Waals surface area contributed by atoms with Crippen molar-refractivity contribution in [3.05, 3.63) is 0 Å². The van der Waals surface area contributed by atoms with Crippen LogP contribution in [-0.2, 0) is 13.9 Å². The average molecular weight is 411 g/mol. The summed E-state index contributed by atoms with van der Waals surface area (Å²) in [6.45, 7) is 13.2. The highest BCUT2D eigenvalue weighted by Gasteiger charge is 2.64. The second kappa shape index (κ2) is 7.63. The number of fused-ring (bicyclic) bond motifs is 2. The zero-order valence-corrected chi connectivity index (χ0v) is 19.7. The normalized spacial score (nSPS) is 36.6. The summed E-state index contributed by atoms with van der Waals surface area (Å²) in [5, 5.41) is 11.2. The molecule has 5 unspecified atom stereocenters. The Hall–Kier alpha value is 0.0569. The van der Waals surface area contributed by atoms with Crippen molar-refractivity contribution in [2.45, 2.75) is 108 Å². The van der Waals surface area contributed by atoms with Gasteiger partial charge in [-0.25, -0.2) is 0 Å². The minimum atomic E-state index is -1.77. The molecule has 3 saturated carbocycles. The molecule has 4 aliphatic rings. The van der Waals surface area contributed by atoms with Crippen LogP contribution in [0.1, 0.15) is 72.1 Å². The summed E-state index contributed by atoms with van der Waals surface area (Å²) in [7, 11) is -1.77. The van der Waals surface area contributed by atoms with Gasteiger partial charge in [0.15, 0.2) is 14.1 Å². The number of aliphatic hydroxyl groups is 1. The van der Waals surface area contributed by atoms with Crippen LogP contribution in [0.2, 0.25) is 18.1 Å². The molecule has 1 saturated heterocycles. The van der Waals surface area contributed by atoms with Gasteiger partial charge in [0.1, 0.15) is 0 Å². The minimum absolute atomic E-state index is 0.180. The molecule has 1 N–H and O–H groups in total. The summed E-state index contributed by atoms with van der Waals surface area (Å²) in [6, 6.07) is 0. The number of hydrogen-bond acceptors (Lipinski definition) is 4.